The van der Waals surface area contributed by atoms with Gasteiger partial charge in [0, 0.05) is 17.8 Å². The number of amides is 1. The smallest absolute Gasteiger partial charge is 0.267 e. The van der Waals surface area contributed by atoms with E-state index in [1.54, 1.807) is 30.8 Å². The molecule has 1 aromatic carbocycles. The zero-order chi connectivity index (χ0) is 23.1. The van der Waals surface area contributed by atoms with Crippen LogP contribution in [0.2, 0.25) is 0 Å². The highest BCUT2D eigenvalue weighted by molar-refractivity contribution is 7.15. The highest BCUT2D eigenvalue weighted by atomic mass is 32.1. The number of nitrogens with one attached hydrogen (secondary N) is 1. The van der Waals surface area contributed by atoms with Crippen LogP contribution in [-0.4, -0.2) is 29.9 Å². The summed E-state index contributed by atoms with van der Waals surface area (Å²) in [7, 11) is 0. The molecule has 3 N–H and O–H groups in total. The third-order valence-corrected chi connectivity index (χ3v) is 6.04. The summed E-state index contributed by atoms with van der Waals surface area (Å²) in [5.41, 5.74) is 8.07. The van der Waals surface area contributed by atoms with E-state index in [2.05, 4.69) is 21.3 Å². The maximum atomic E-state index is 13.5. The number of terminal acetylenes is 1. The molecule has 4 aromatic heterocycles. The average Bonchev–Trinajstić information content (AvgIpc) is 3.39. The maximum absolute atomic E-state index is 13.5. The van der Waals surface area contributed by atoms with Crippen LogP contribution in [-0.2, 0) is 0 Å². The van der Waals surface area contributed by atoms with Gasteiger partial charge in [-0.15, -0.1) is 22.9 Å². The molecule has 0 spiro atoms. The van der Waals surface area contributed by atoms with Gasteiger partial charge in [0.05, 0.1) is 17.3 Å². The lowest BCUT2D eigenvalue weighted by molar-refractivity contribution is 0.0941. The molecule has 0 aliphatic rings. The number of fused-ring (bicyclic) bond motifs is 2. The number of nitrogens with two attached hydrogens (primary N) is 1. The van der Waals surface area contributed by atoms with Crippen molar-refractivity contribution in [1.29, 1.82) is 0 Å². The van der Waals surface area contributed by atoms with Crippen LogP contribution in [0.25, 0.3) is 21.7 Å². The molecule has 0 saturated heterocycles. The zero-order valence-corrected chi connectivity index (χ0v) is 18.2. The molecule has 0 aliphatic carbocycles. The summed E-state index contributed by atoms with van der Waals surface area (Å²) >= 11 is 1.26. The van der Waals surface area contributed by atoms with E-state index in [-0.39, 0.29) is 16.9 Å². The largest absolute Gasteiger partial charge is 0.381 e. The number of anilines is 1. The Balaban J connectivity index is 1.63. The van der Waals surface area contributed by atoms with Gasteiger partial charge >= 0.3 is 0 Å². The van der Waals surface area contributed by atoms with Gasteiger partial charge < -0.3 is 11.1 Å². The topological polar surface area (TPSA) is 120 Å². The molecule has 10 heteroatoms. The fourth-order valence-electron chi connectivity index (χ4n) is 3.72. The van der Waals surface area contributed by atoms with Crippen LogP contribution >= 0.6 is 11.3 Å². The SMILES string of the molecule is C#Cc1csc2nc([C@H](C)NC(=O)c3c(N)nn4cccnc34)c(-c3ccccc3)c(=O)n12. The Morgan fingerprint density at radius 2 is 2.06 bits per heavy atom. The van der Waals surface area contributed by atoms with Crippen molar-refractivity contribution in [2.45, 2.75) is 13.0 Å². The molecule has 0 aliphatic heterocycles. The van der Waals surface area contributed by atoms with E-state index >= 15 is 0 Å². The molecule has 1 atom stereocenters. The van der Waals surface area contributed by atoms with E-state index in [9.17, 15) is 9.59 Å². The number of carbonyl (C=O) groups is 1. The predicted octanol–water partition coefficient (Wildman–Crippen LogP) is 2.52. The van der Waals surface area contributed by atoms with Gasteiger partial charge in [-0.2, -0.15) is 0 Å². The second-order valence-electron chi connectivity index (χ2n) is 7.27. The summed E-state index contributed by atoms with van der Waals surface area (Å²) in [6, 6.07) is 10.2. The summed E-state index contributed by atoms with van der Waals surface area (Å²) < 4.78 is 2.85. The van der Waals surface area contributed by atoms with Crippen LogP contribution in [0.5, 0.6) is 0 Å². The number of rotatable bonds is 4. The van der Waals surface area contributed by atoms with E-state index in [4.69, 9.17) is 17.1 Å². The molecular weight excluding hydrogens is 438 g/mol. The second kappa shape index (κ2) is 7.89. The van der Waals surface area contributed by atoms with Crippen molar-refractivity contribution in [3.05, 3.63) is 81.5 Å². The molecule has 0 unspecified atom stereocenters. The second-order valence-corrected chi connectivity index (χ2v) is 8.11. The van der Waals surface area contributed by atoms with Gasteiger partial charge in [-0.25, -0.2) is 18.9 Å². The number of carbonyl (C=O) groups excluding carboxylic acids is 1. The number of nitrogens with zero attached hydrogens (tertiary/aromatic N) is 5. The Morgan fingerprint density at radius 1 is 1.27 bits per heavy atom. The van der Waals surface area contributed by atoms with Crippen molar-refractivity contribution in [2.24, 2.45) is 0 Å². The van der Waals surface area contributed by atoms with Crippen LogP contribution in [0.15, 0.2) is 59.0 Å². The lowest BCUT2D eigenvalue weighted by Gasteiger charge is -2.17. The van der Waals surface area contributed by atoms with E-state index < -0.39 is 11.9 Å². The molecule has 162 valence electrons. The van der Waals surface area contributed by atoms with Crippen LogP contribution in [0.4, 0.5) is 5.82 Å². The van der Waals surface area contributed by atoms with Crippen molar-refractivity contribution >= 4 is 33.7 Å². The van der Waals surface area contributed by atoms with Gasteiger partial charge in [0.15, 0.2) is 16.4 Å². The van der Waals surface area contributed by atoms with Crippen LogP contribution < -0.4 is 16.6 Å². The first-order valence-electron chi connectivity index (χ1n) is 9.95. The quantitative estimate of drug-likeness (QED) is 0.402. The number of benzene rings is 1. The van der Waals surface area contributed by atoms with Crippen molar-refractivity contribution in [3.63, 3.8) is 0 Å². The molecule has 9 nitrogen and oxygen atoms in total. The Morgan fingerprint density at radius 3 is 2.82 bits per heavy atom. The fraction of sp³-hybridized carbons (Fsp3) is 0.0870. The van der Waals surface area contributed by atoms with Gasteiger partial charge in [-0.05, 0) is 18.6 Å². The molecule has 0 bridgehead atoms. The number of nitrogen functional groups attached to an aromatic ring is 1. The molecule has 4 heterocycles. The van der Waals surface area contributed by atoms with Gasteiger partial charge in [-0.1, -0.05) is 36.3 Å². The molecule has 5 rings (SSSR count). The molecule has 1 amide bonds. The standard InChI is InChI=1S/C23H17N7O2S/c1-3-15-12-33-23-27-18(16(22(32)30(15)23)14-8-5-4-6-9-14)13(2)26-21(31)17-19(24)28-29-11-7-10-25-20(17)29/h1,4-13H,2H3,(H2,24,28)(H,26,31)/t13-/m0/s1. The predicted molar refractivity (Wildman–Crippen MR) is 126 cm³/mol. The number of hydrogen-bond donors (Lipinski definition) is 2. The Labute approximate surface area is 191 Å². The highest BCUT2D eigenvalue weighted by Gasteiger charge is 2.25. The van der Waals surface area contributed by atoms with Gasteiger partial charge in [-0.3, -0.25) is 9.59 Å². The summed E-state index contributed by atoms with van der Waals surface area (Å²) in [5, 5.41) is 8.73. The Hall–Kier alpha value is -4.49. The van der Waals surface area contributed by atoms with Crippen molar-refractivity contribution in [3.8, 4) is 23.5 Å². The molecule has 33 heavy (non-hydrogen) atoms. The van der Waals surface area contributed by atoms with Gasteiger partial charge in [0.25, 0.3) is 11.5 Å². The number of aromatic nitrogens is 5. The maximum Gasteiger partial charge on any atom is 0.267 e. The number of thiazole rings is 1. The third kappa shape index (κ3) is 3.31. The summed E-state index contributed by atoms with van der Waals surface area (Å²) in [5.74, 6) is 2.12. The normalized spacial score (nSPS) is 12.0. The minimum Gasteiger partial charge on any atom is -0.381 e. The van der Waals surface area contributed by atoms with E-state index in [1.807, 2.05) is 30.3 Å². The lowest BCUT2D eigenvalue weighted by Crippen LogP contribution is -2.30. The van der Waals surface area contributed by atoms with Crippen molar-refractivity contribution in [2.75, 3.05) is 5.73 Å². The van der Waals surface area contributed by atoms with E-state index in [1.165, 1.54) is 20.3 Å². The number of hydrogen-bond acceptors (Lipinski definition) is 7. The van der Waals surface area contributed by atoms with Crippen LogP contribution in [0.3, 0.4) is 0 Å². The summed E-state index contributed by atoms with van der Waals surface area (Å²) in [4.78, 5) is 36.0. The monoisotopic (exact) mass is 455 g/mol. The first kappa shape index (κ1) is 20.4. The van der Waals surface area contributed by atoms with Crippen molar-refractivity contribution in [1.82, 2.24) is 29.3 Å². The molecule has 0 saturated carbocycles. The minimum absolute atomic E-state index is 0.0575. The van der Waals surface area contributed by atoms with Crippen molar-refractivity contribution < 1.29 is 4.79 Å². The molecular formula is C23H17N7O2S. The Bertz CT molecular complexity index is 1630. The zero-order valence-electron chi connectivity index (χ0n) is 17.4. The van der Waals surface area contributed by atoms with Crippen LogP contribution in [0.1, 0.15) is 34.7 Å². The first-order chi connectivity index (χ1) is 16.0. The third-order valence-electron chi connectivity index (χ3n) is 5.21. The van der Waals surface area contributed by atoms with E-state index in [0.29, 0.717) is 33.1 Å². The molecule has 0 radical (unpaired) electrons. The van der Waals surface area contributed by atoms with Gasteiger partial charge in [0.2, 0.25) is 0 Å². The average molecular weight is 456 g/mol. The fourth-order valence-corrected chi connectivity index (χ4v) is 4.55. The molecule has 5 aromatic rings. The van der Waals surface area contributed by atoms with Crippen LogP contribution in [0, 0.1) is 12.3 Å². The van der Waals surface area contributed by atoms with E-state index in [0.717, 1.165) is 0 Å². The minimum atomic E-state index is -0.625. The Kier molecular flexibility index (Phi) is 4.88. The first-order valence-corrected chi connectivity index (χ1v) is 10.8. The highest BCUT2D eigenvalue weighted by Crippen LogP contribution is 2.27. The summed E-state index contributed by atoms with van der Waals surface area (Å²) in [6.07, 6.45) is 8.79. The summed E-state index contributed by atoms with van der Waals surface area (Å²) in [6.45, 7) is 1.76. The van der Waals surface area contributed by atoms with Gasteiger partial charge in [0.1, 0.15) is 11.3 Å². The molecule has 0 fully saturated rings. The lowest BCUT2D eigenvalue weighted by atomic mass is 10.0.